The molecule has 6 nitrogen and oxygen atoms in total. The van der Waals surface area contributed by atoms with Crippen molar-refractivity contribution in [3.63, 3.8) is 0 Å². The van der Waals surface area contributed by atoms with Crippen LogP contribution in [0.4, 0.5) is 4.39 Å². The summed E-state index contributed by atoms with van der Waals surface area (Å²) in [6.07, 6.45) is 5.02. The molecular formula is C23H25FN4O2. The molecule has 30 heavy (non-hydrogen) atoms. The fourth-order valence-corrected chi connectivity index (χ4v) is 4.49. The van der Waals surface area contributed by atoms with E-state index in [4.69, 9.17) is 9.15 Å². The maximum absolute atomic E-state index is 13.4. The summed E-state index contributed by atoms with van der Waals surface area (Å²) in [5.41, 5.74) is 3.76. The number of piperidine rings is 1. The van der Waals surface area contributed by atoms with Gasteiger partial charge in [0, 0.05) is 29.6 Å². The summed E-state index contributed by atoms with van der Waals surface area (Å²) in [6, 6.07) is 10.7. The number of ether oxygens (including phenoxy) is 1. The summed E-state index contributed by atoms with van der Waals surface area (Å²) < 4.78 is 26.3. The molecule has 156 valence electrons. The Morgan fingerprint density at radius 3 is 2.83 bits per heavy atom. The Kier molecular flexibility index (Phi) is 5.12. The summed E-state index contributed by atoms with van der Waals surface area (Å²) in [5.74, 6) is 1.04. The van der Waals surface area contributed by atoms with Crippen molar-refractivity contribution in [1.82, 2.24) is 19.9 Å². The third-order valence-corrected chi connectivity index (χ3v) is 6.16. The van der Waals surface area contributed by atoms with Crippen LogP contribution < -0.4 is 4.74 Å². The predicted octanol–water partition coefficient (Wildman–Crippen LogP) is 4.59. The lowest BCUT2D eigenvalue weighted by Gasteiger charge is -2.31. The van der Waals surface area contributed by atoms with Crippen LogP contribution in [0.2, 0.25) is 0 Å². The smallest absolute Gasteiger partial charge is 0.137 e. The van der Waals surface area contributed by atoms with Crippen molar-refractivity contribution in [1.29, 1.82) is 0 Å². The van der Waals surface area contributed by atoms with E-state index in [9.17, 15) is 4.39 Å². The van der Waals surface area contributed by atoms with Gasteiger partial charge in [0.2, 0.25) is 0 Å². The van der Waals surface area contributed by atoms with E-state index in [1.54, 1.807) is 7.11 Å². The molecule has 7 heteroatoms. The summed E-state index contributed by atoms with van der Waals surface area (Å²) >= 11 is 0. The zero-order chi connectivity index (χ0) is 20.5. The van der Waals surface area contributed by atoms with Crippen LogP contribution in [0.25, 0.3) is 22.0 Å². The van der Waals surface area contributed by atoms with Crippen LogP contribution in [-0.4, -0.2) is 46.6 Å². The Balaban J connectivity index is 1.16. The number of benzene rings is 2. The van der Waals surface area contributed by atoms with Gasteiger partial charge in [-0.15, -0.1) is 5.10 Å². The monoisotopic (exact) mass is 408 g/mol. The third kappa shape index (κ3) is 3.65. The molecule has 0 spiro atoms. The standard InChI is InChI=1S/C23H25FN4O2/c1-29-18-4-6-21-22(14-18)28(26-25-21)10-2-9-27-11-7-16(8-12-27)20-15-30-23-13-17(24)3-5-19(20)23/h3-6,13-16H,2,7-12H2,1H3. The van der Waals surface area contributed by atoms with Crippen LogP contribution in [0.15, 0.2) is 47.1 Å². The van der Waals surface area contributed by atoms with E-state index in [2.05, 4.69) is 15.2 Å². The first-order valence-corrected chi connectivity index (χ1v) is 10.5. The fraction of sp³-hybridized carbons (Fsp3) is 0.391. The molecule has 4 aromatic rings. The molecule has 2 aromatic heterocycles. The van der Waals surface area contributed by atoms with Gasteiger partial charge in [0.25, 0.3) is 0 Å². The second-order valence-electron chi connectivity index (χ2n) is 7.97. The van der Waals surface area contributed by atoms with E-state index in [0.29, 0.717) is 11.5 Å². The van der Waals surface area contributed by atoms with Gasteiger partial charge < -0.3 is 14.1 Å². The first-order chi connectivity index (χ1) is 14.7. The molecule has 0 amide bonds. The molecule has 0 atom stereocenters. The van der Waals surface area contributed by atoms with Crippen LogP contribution >= 0.6 is 0 Å². The van der Waals surface area contributed by atoms with E-state index >= 15 is 0 Å². The quantitative estimate of drug-likeness (QED) is 0.467. The number of aromatic nitrogens is 3. The third-order valence-electron chi connectivity index (χ3n) is 6.16. The number of hydrogen-bond acceptors (Lipinski definition) is 5. The highest BCUT2D eigenvalue weighted by molar-refractivity contribution is 5.81. The molecule has 1 saturated heterocycles. The van der Waals surface area contributed by atoms with E-state index in [0.717, 1.165) is 67.6 Å². The summed E-state index contributed by atoms with van der Waals surface area (Å²) in [4.78, 5) is 2.51. The molecule has 1 aliphatic rings. The highest BCUT2D eigenvalue weighted by Crippen LogP contribution is 2.34. The SMILES string of the molecule is COc1ccc2nnn(CCCN3CCC(c4coc5cc(F)ccc45)CC3)c2c1. The lowest BCUT2D eigenvalue weighted by atomic mass is 9.89. The van der Waals surface area contributed by atoms with Crippen LogP contribution in [0.5, 0.6) is 5.75 Å². The molecule has 3 heterocycles. The molecular weight excluding hydrogens is 383 g/mol. The van der Waals surface area contributed by atoms with Crippen molar-refractivity contribution in [3.8, 4) is 5.75 Å². The van der Waals surface area contributed by atoms with Crippen LogP contribution in [0, 0.1) is 5.82 Å². The van der Waals surface area contributed by atoms with Gasteiger partial charge in [-0.1, -0.05) is 5.21 Å². The van der Waals surface area contributed by atoms with Gasteiger partial charge in [0.05, 0.1) is 18.9 Å². The Bertz CT molecular complexity index is 1160. The molecule has 5 rings (SSSR count). The Labute approximate surface area is 174 Å². The largest absolute Gasteiger partial charge is 0.497 e. The van der Waals surface area contributed by atoms with Crippen LogP contribution in [-0.2, 0) is 6.54 Å². The highest BCUT2D eigenvalue weighted by Gasteiger charge is 2.23. The van der Waals surface area contributed by atoms with Crippen LogP contribution in [0.1, 0.15) is 30.7 Å². The normalized spacial score (nSPS) is 15.9. The van der Waals surface area contributed by atoms with Gasteiger partial charge in [0.1, 0.15) is 22.7 Å². The van der Waals surface area contributed by atoms with Crippen molar-refractivity contribution in [2.75, 3.05) is 26.7 Å². The summed E-state index contributed by atoms with van der Waals surface area (Å²) in [7, 11) is 1.67. The molecule has 0 unspecified atom stereocenters. The Morgan fingerprint density at radius 1 is 1.13 bits per heavy atom. The molecule has 1 fully saturated rings. The summed E-state index contributed by atoms with van der Waals surface area (Å²) in [6.45, 7) is 3.99. The number of rotatable bonds is 6. The minimum absolute atomic E-state index is 0.253. The second-order valence-corrected chi connectivity index (χ2v) is 7.97. The van der Waals surface area contributed by atoms with Gasteiger partial charge >= 0.3 is 0 Å². The molecule has 0 N–H and O–H groups in total. The van der Waals surface area contributed by atoms with Crippen molar-refractivity contribution in [2.45, 2.75) is 31.7 Å². The first kappa shape index (κ1) is 19.1. The van der Waals surface area contributed by atoms with Gasteiger partial charge in [-0.05, 0) is 69.1 Å². The van der Waals surface area contributed by atoms with Crippen molar-refractivity contribution in [2.24, 2.45) is 0 Å². The minimum Gasteiger partial charge on any atom is -0.497 e. The van der Waals surface area contributed by atoms with Gasteiger partial charge in [-0.3, -0.25) is 0 Å². The van der Waals surface area contributed by atoms with Crippen LogP contribution in [0.3, 0.4) is 0 Å². The molecule has 0 radical (unpaired) electrons. The number of likely N-dealkylation sites (tertiary alicyclic amines) is 1. The maximum Gasteiger partial charge on any atom is 0.137 e. The van der Waals surface area contributed by atoms with Gasteiger partial charge in [-0.2, -0.15) is 0 Å². The van der Waals surface area contributed by atoms with Crippen molar-refractivity contribution < 1.29 is 13.5 Å². The number of nitrogens with zero attached hydrogens (tertiary/aromatic N) is 4. The van der Waals surface area contributed by atoms with E-state index in [1.807, 2.05) is 35.2 Å². The van der Waals surface area contributed by atoms with Gasteiger partial charge in [0.15, 0.2) is 0 Å². The zero-order valence-electron chi connectivity index (χ0n) is 17.1. The molecule has 0 aliphatic carbocycles. The minimum atomic E-state index is -0.253. The van der Waals surface area contributed by atoms with Crippen molar-refractivity contribution >= 4 is 22.0 Å². The highest BCUT2D eigenvalue weighted by atomic mass is 19.1. The lowest BCUT2D eigenvalue weighted by molar-refractivity contribution is 0.206. The summed E-state index contributed by atoms with van der Waals surface area (Å²) in [5, 5.41) is 9.57. The topological polar surface area (TPSA) is 56.3 Å². The first-order valence-electron chi connectivity index (χ1n) is 10.5. The Morgan fingerprint density at radius 2 is 2.00 bits per heavy atom. The number of hydrogen-bond donors (Lipinski definition) is 0. The molecule has 0 saturated carbocycles. The lowest BCUT2D eigenvalue weighted by Crippen LogP contribution is -2.34. The predicted molar refractivity (Wildman–Crippen MR) is 113 cm³/mol. The number of methoxy groups -OCH3 is 1. The fourth-order valence-electron chi connectivity index (χ4n) is 4.49. The average molecular weight is 408 g/mol. The van der Waals surface area contributed by atoms with E-state index < -0.39 is 0 Å². The maximum atomic E-state index is 13.4. The molecule has 1 aliphatic heterocycles. The zero-order valence-corrected chi connectivity index (χ0v) is 17.1. The van der Waals surface area contributed by atoms with Gasteiger partial charge in [-0.25, -0.2) is 9.07 Å². The second kappa shape index (κ2) is 8.07. The van der Waals surface area contributed by atoms with E-state index in [-0.39, 0.29) is 5.82 Å². The van der Waals surface area contributed by atoms with E-state index in [1.165, 1.54) is 17.7 Å². The number of aryl methyl sites for hydroxylation is 1. The van der Waals surface area contributed by atoms with Crippen molar-refractivity contribution in [3.05, 3.63) is 54.0 Å². The number of furan rings is 1. The molecule has 2 aromatic carbocycles. The number of fused-ring (bicyclic) bond motifs is 2. The Hall–Kier alpha value is -2.93. The average Bonchev–Trinajstić information content (AvgIpc) is 3.37. The molecule has 0 bridgehead atoms. The number of halogens is 1.